The molecule has 1 amide bonds. The van der Waals surface area contributed by atoms with Gasteiger partial charge in [0.1, 0.15) is 0 Å². The summed E-state index contributed by atoms with van der Waals surface area (Å²) in [6, 6.07) is 11.0. The number of hydrogen-bond acceptors (Lipinski definition) is 4. The van der Waals surface area contributed by atoms with E-state index in [9.17, 15) is 4.79 Å². The monoisotopic (exact) mass is 469 g/mol. The quantitative estimate of drug-likeness (QED) is 0.508. The van der Waals surface area contributed by atoms with Crippen molar-refractivity contribution in [3.05, 3.63) is 56.5 Å². The summed E-state index contributed by atoms with van der Waals surface area (Å²) in [5, 5.41) is 1.94. The first kappa shape index (κ1) is 18.0. The largest absolute Gasteiger partial charge is 0.345 e. The second-order valence-corrected chi connectivity index (χ2v) is 8.84. The molecule has 0 radical (unpaired) electrons. The maximum atomic E-state index is 12.7. The van der Waals surface area contributed by atoms with E-state index in [0.29, 0.717) is 28.7 Å². The maximum Gasteiger partial charge on any atom is 0.254 e. The first-order valence-electron chi connectivity index (χ1n) is 8.06. The average Bonchev–Trinajstić information content (AvgIpc) is 3.03. The van der Waals surface area contributed by atoms with Crippen LogP contribution in [0.1, 0.15) is 10.4 Å². The molecule has 0 N–H and O–H groups in total. The molecule has 0 bridgehead atoms. The highest BCUT2D eigenvalue weighted by molar-refractivity contribution is 9.10. The van der Waals surface area contributed by atoms with Crippen molar-refractivity contribution in [1.29, 1.82) is 0 Å². The number of nitrogens with zero attached hydrogens (tertiary/aromatic N) is 3. The summed E-state index contributed by atoms with van der Waals surface area (Å²) in [7, 11) is 0. The van der Waals surface area contributed by atoms with Crippen LogP contribution in [-0.4, -0.2) is 42.0 Å². The molecule has 1 aromatic heterocycles. The van der Waals surface area contributed by atoms with Crippen molar-refractivity contribution in [1.82, 2.24) is 9.88 Å². The number of halogens is 3. The first-order chi connectivity index (χ1) is 12.5. The van der Waals surface area contributed by atoms with Gasteiger partial charge in [-0.1, -0.05) is 50.5 Å². The fourth-order valence-corrected chi connectivity index (χ4v) is 5.08. The second kappa shape index (κ2) is 7.35. The molecule has 1 aliphatic heterocycles. The zero-order valence-corrected chi connectivity index (χ0v) is 17.5. The highest BCUT2D eigenvalue weighted by atomic mass is 79.9. The summed E-state index contributed by atoms with van der Waals surface area (Å²) < 4.78 is 2.21. The van der Waals surface area contributed by atoms with Gasteiger partial charge in [-0.15, -0.1) is 0 Å². The predicted octanol–water partition coefficient (Wildman–Crippen LogP) is 5.33. The third-order valence-corrected chi connectivity index (χ3v) is 6.29. The summed E-state index contributed by atoms with van der Waals surface area (Å²) in [6.45, 7) is 2.78. The van der Waals surface area contributed by atoms with Crippen molar-refractivity contribution in [3.8, 4) is 0 Å². The summed E-state index contributed by atoms with van der Waals surface area (Å²) in [6.07, 6.45) is 0. The highest BCUT2D eigenvalue weighted by Crippen LogP contribution is 2.31. The number of anilines is 1. The van der Waals surface area contributed by atoms with Crippen LogP contribution in [0.5, 0.6) is 0 Å². The first-order valence-corrected chi connectivity index (χ1v) is 10.4. The molecule has 1 saturated heterocycles. The molecule has 4 rings (SSSR count). The third kappa shape index (κ3) is 3.69. The van der Waals surface area contributed by atoms with Crippen LogP contribution >= 0.6 is 50.5 Å². The van der Waals surface area contributed by atoms with Crippen molar-refractivity contribution < 1.29 is 4.79 Å². The molecule has 0 unspecified atom stereocenters. The van der Waals surface area contributed by atoms with E-state index in [0.717, 1.165) is 32.9 Å². The molecule has 26 heavy (non-hydrogen) atoms. The summed E-state index contributed by atoms with van der Waals surface area (Å²) >= 11 is 17.2. The van der Waals surface area contributed by atoms with Crippen molar-refractivity contribution in [2.45, 2.75) is 0 Å². The minimum absolute atomic E-state index is 0.0396. The Morgan fingerprint density at radius 3 is 2.42 bits per heavy atom. The van der Waals surface area contributed by atoms with Gasteiger partial charge in [-0.25, -0.2) is 4.98 Å². The van der Waals surface area contributed by atoms with Crippen LogP contribution in [0.15, 0.2) is 40.9 Å². The van der Waals surface area contributed by atoms with Gasteiger partial charge in [0.05, 0.1) is 10.2 Å². The average molecular weight is 471 g/mol. The SMILES string of the molecule is O=C(c1cc(Cl)cc(Cl)c1)N1CCN(c2nc3ccc(Br)cc3s2)CC1. The number of aromatic nitrogens is 1. The summed E-state index contributed by atoms with van der Waals surface area (Å²) in [4.78, 5) is 21.5. The Kier molecular flexibility index (Phi) is 5.10. The van der Waals surface area contributed by atoms with Crippen molar-refractivity contribution >= 4 is 71.7 Å². The van der Waals surface area contributed by atoms with E-state index in [1.807, 2.05) is 17.0 Å². The Bertz CT molecular complexity index is 965. The Labute approximate surface area is 173 Å². The van der Waals surface area contributed by atoms with Crippen LogP contribution in [0.25, 0.3) is 10.2 Å². The number of rotatable bonds is 2. The topological polar surface area (TPSA) is 36.4 Å². The molecular weight excluding hydrogens is 457 g/mol. The van der Waals surface area contributed by atoms with Gasteiger partial charge in [0, 0.05) is 46.3 Å². The summed E-state index contributed by atoms with van der Waals surface area (Å²) in [5.74, 6) is -0.0396. The number of carbonyl (C=O) groups excluding carboxylic acids is 1. The lowest BCUT2D eigenvalue weighted by molar-refractivity contribution is 0.0747. The molecule has 134 valence electrons. The Balaban J connectivity index is 1.47. The number of benzene rings is 2. The van der Waals surface area contributed by atoms with Gasteiger partial charge in [-0.2, -0.15) is 0 Å². The van der Waals surface area contributed by atoms with Crippen molar-refractivity contribution in [2.24, 2.45) is 0 Å². The van der Waals surface area contributed by atoms with Crippen LogP contribution in [0.4, 0.5) is 5.13 Å². The van der Waals surface area contributed by atoms with E-state index in [1.165, 1.54) is 0 Å². The molecule has 0 atom stereocenters. The lowest BCUT2D eigenvalue weighted by Crippen LogP contribution is -2.48. The molecular formula is C18H14BrCl2N3OS. The molecule has 2 aromatic carbocycles. The Morgan fingerprint density at radius 2 is 1.73 bits per heavy atom. The summed E-state index contributed by atoms with van der Waals surface area (Å²) in [5.41, 5.74) is 1.53. The van der Waals surface area contributed by atoms with Crippen LogP contribution in [0.2, 0.25) is 10.0 Å². The zero-order chi connectivity index (χ0) is 18.3. The lowest BCUT2D eigenvalue weighted by Gasteiger charge is -2.34. The standard InChI is InChI=1S/C18H14BrCl2N3OS/c19-12-1-2-15-16(9-12)26-18(22-15)24-5-3-23(4-6-24)17(25)11-7-13(20)10-14(21)8-11/h1-2,7-10H,3-6H2. The number of piperazine rings is 1. The zero-order valence-electron chi connectivity index (χ0n) is 13.6. The lowest BCUT2D eigenvalue weighted by atomic mass is 10.2. The van der Waals surface area contributed by atoms with E-state index in [1.54, 1.807) is 29.5 Å². The van der Waals surface area contributed by atoms with Crippen LogP contribution in [0.3, 0.4) is 0 Å². The van der Waals surface area contributed by atoms with Gasteiger partial charge in [-0.05, 0) is 36.4 Å². The fourth-order valence-electron chi connectivity index (χ4n) is 2.98. The molecule has 8 heteroatoms. The van der Waals surface area contributed by atoms with Gasteiger partial charge in [-0.3, -0.25) is 4.79 Å². The molecule has 4 nitrogen and oxygen atoms in total. The van der Waals surface area contributed by atoms with Gasteiger partial charge in [0.2, 0.25) is 0 Å². The molecule has 0 aliphatic carbocycles. The second-order valence-electron chi connectivity index (χ2n) is 6.05. The van der Waals surface area contributed by atoms with Crippen LogP contribution in [-0.2, 0) is 0 Å². The van der Waals surface area contributed by atoms with E-state index in [2.05, 4.69) is 26.9 Å². The molecule has 0 saturated carbocycles. The minimum atomic E-state index is -0.0396. The molecule has 1 aliphatic rings. The maximum absolute atomic E-state index is 12.7. The molecule has 1 fully saturated rings. The highest BCUT2D eigenvalue weighted by Gasteiger charge is 2.24. The Morgan fingerprint density at radius 1 is 1.04 bits per heavy atom. The fraction of sp³-hybridized carbons (Fsp3) is 0.222. The van der Waals surface area contributed by atoms with Crippen molar-refractivity contribution in [2.75, 3.05) is 31.1 Å². The van der Waals surface area contributed by atoms with Gasteiger partial charge >= 0.3 is 0 Å². The number of carbonyl (C=O) groups is 1. The van der Waals surface area contributed by atoms with Gasteiger partial charge in [0.25, 0.3) is 5.91 Å². The third-order valence-electron chi connectivity index (χ3n) is 4.29. The van der Waals surface area contributed by atoms with Crippen molar-refractivity contribution in [3.63, 3.8) is 0 Å². The minimum Gasteiger partial charge on any atom is -0.345 e. The smallest absolute Gasteiger partial charge is 0.254 e. The Hall–Kier alpha value is -1.34. The predicted molar refractivity (Wildman–Crippen MR) is 112 cm³/mol. The van der Waals surface area contributed by atoms with E-state index in [4.69, 9.17) is 28.2 Å². The van der Waals surface area contributed by atoms with Crippen LogP contribution < -0.4 is 4.90 Å². The van der Waals surface area contributed by atoms with E-state index < -0.39 is 0 Å². The number of thiazole rings is 1. The van der Waals surface area contributed by atoms with E-state index >= 15 is 0 Å². The molecule has 3 aromatic rings. The molecule has 0 spiro atoms. The molecule has 2 heterocycles. The van der Waals surface area contributed by atoms with Gasteiger partial charge in [0.15, 0.2) is 5.13 Å². The normalized spacial score (nSPS) is 14.9. The van der Waals surface area contributed by atoms with E-state index in [-0.39, 0.29) is 5.91 Å². The number of fused-ring (bicyclic) bond motifs is 1. The van der Waals surface area contributed by atoms with Gasteiger partial charge < -0.3 is 9.80 Å². The van der Waals surface area contributed by atoms with Crippen LogP contribution in [0, 0.1) is 0 Å². The number of amides is 1. The number of hydrogen-bond donors (Lipinski definition) is 0.